The van der Waals surface area contributed by atoms with Crippen molar-refractivity contribution < 1.29 is 4.39 Å². The number of aromatic nitrogens is 1. The fraction of sp³-hybridized carbons (Fsp3) is 0.353. The van der Waals surface area contributed by atoms with Gasteiger partial charge in [0, 0.05) is 18.8 Å². The summed E-state index contributed by atoms with van der Waals surface area (Å²) in [5.41, 5.74) is 3.51. The number of pyridine rings is 1. The highest BCUT2D eigenvalue weighted by Gasteiger charge is 2.12. The first kappa shape index (κ1) is 15.4. The molecule has 0 saturated heterocycles. The Balaban J connectivity index is 2.21. The van der Waals surface area contributed by atoms with E-state index in [0.717, 1.165) is 23.5 Å². The Labute approximate surface area is 125 Å². The quantitative estimate of drug-likeness (QED) is 0.884. The van der Waals surface area contributed by atoms with E-state index in [4.69, 9.17) is 0 Å². The highest BCUT2D eigenvalue weighted by Crippen LogP contribution is 2.22. The second-order valence-corrected chi connectivity index (χ2v) is 5.10. The van der Waals surface area contributed by atoms with Crippen molar-refractivity contribution in [2.45, 2.75) is 26.9 Å². The van der Waals surface area contributed by atoms with Gasteiger partial charge in [0.2, 0.25) is 0 Å². The van der Waals surface area contributed by atoms with Crippen LogP contribution in [0, 0.1) is 12.7 Å². The summed E-state index contributed by atoms with van der Waals surface area (Å²) in [5.74, 6) is -0.183. The van der Waals surface area contributed by atoms with Crippen molar-refractivity contribution in [1.29, 1.82) is 0 Å². The van der Waals surface area contributed by atoms with E-state index in [0.29, 0.717) is 18.8 Å². The molecule has 1 aromatic carbocycles. The molecule has 0 unspecified atom stereocenters. The third-order valence-electron chi connectivity index (χ3n) is 3.41. The number of anilines is 1. The molecule has 3 nitrogen and oxygen atoms in total. The number of rotatable bonds is 6. The Kier molecular flexibility index (Phi) is 5.28. The number of hydrogen-bond donors (Lipinski definition) is 1. The lowest BCUT2D eigenvalue weighted by atomic mass is 10.1. The SMILES string of the molecule is CCN(Cc1cccc(C)n1)c1ccc(CNC)cc1F. The number of nitrogens with one attached hydrogen (secondary N) is 1. The van der Waals surface area contributed by atoms with Crippen LogP contribution in [0.5, 0.6) is 0 Å². The zero-order valence-electron chi connectivity index (χ0n) is 12.9. The summed E-state index contributed by atoms with van der Waals surface area (Å²) < 4.78 is 14.3. The predicted octanol–water partition coefficient (Wildman–Crippen LogP) is 3.28. The van der Waals surface area contributed by atoms with Crippen molar-refractivity contribution in [3.63, 3.8) is 0 Å². The van der Waals surface area contributed by atoms with E-state index >= 15 is 0 Å². The number of benzene rings is 1. The van der Waals surface area contributed by atoms with Gasteiger partial charge in [-0.15, -0.1) is 0 Å². The van der Waals surface area contributed by atoms with Gasteiger partial charge in [0.15, 0.2) is 0 Å². The van der Waals surface area contributed by atoms with Crippen LogP contribution in [0.1, 0.15) is 23.9 Å². The molecular formula is C17H22FN3. The molecular weight excluding hydrogens is 265 g/mol. The van der Waals surface area contributed by atoms with Gasteiger partial charge in [-0.05, 0) is 50.7 Å². The summed E-state index contributed by atoms with van der Waals surface area (Å²) in [7, 11) is 1.85. The molecule has 21 heavy (non-hydrogen) atoms. The molecule has 0 amide bonds. The smallest absolute Gasteiger partial charge is 0.146 e. The molecule has 0 aliphatic carbocycles. The standard InChI is InChI=1S/C17H22FN3/c1-4-21(12-15-7-5-6-13(2)20-15)17-9-8-14(11-19-3)10-16(17)18/h5-10,19H,4,11-12H2,1-3H3. The van der Waals surface area contributed by atoms with Crippen molar-refractivity contribution in [2.75, 3.05) is 18.5 Å². The molecule has 1 N–H and O–H groups in total. The summed E-state index contributed by atoms with van der Waals surface area (Å²) in [5, 5.41) is 3.03. The molecule has 0 aliphatic rings. The zero-order chi connectivity index (χ0) is 15.2. The number of halogens is 1. The third kappa shape index (κ3) is 4.02. The highest BCUT2D eigenvalue weighted by atomic mass is 19.1. The number of hydrogen-bond acceptors (Lipinski definition) is 3. The lowest BCUT2D eigenvalue weighted by molar-refractivity contribution is 0.613. The first-order chi connectivity index (χ1) is 10.1. The highest BCUT2D eigenvalue weighted by molar-refractivity contribution is 5.49. The van der Waals surface area contributed by atoms with Crippen LogP contribution in [-0.4, -0.2) is 18.6 Å². The number of nitrogens with zero attached hydrogens (tertiary/aromatic N) is 2. The second-order valence-electron chi connectivity index (χ2n) is 5.10. The second kappa shape index (κ2) is 7.18. The Morgan fingerprint density at radius 1 is 1.24 bits per heavy atom. The lowest BCUT2D eigenvalue weighted by Gasteiger charge is -2.23. The van der Waals surface area contributed by atoms with Gasteiger partial charge in [-0.2, -0.15) is 0 Å². The fourth-order valence-electron chi connectivity index (χ4n) is 2.37. The molecule has 0 saturated carbocycles. The molecule has 112 valence electrons. The molecule has 0 spiro atoms. The van der Waals surface area contributed by atoms with Crippen LogP contribution in [0.25, 0.3) is 0 Å². The monoisotopic (exact) mass is 287 g/mol. The van der Waals surface area contributed by atoms with Crippen molar-refractivity contribution >= 4 is 5.69 Å². The minimum absolute atomic E-state index is 0.183. The molecule has 0 aliphatic heterocycles. The van der Waals surface area contributed by atoms with Gasteiger partial charge in [-0.3, -0.25) is 4.98 Å². The summed E-state index contributed by atoms with van der Waals surface area (Å²) >= 11 is 0. The topological polar surface area (TPSA) is 28.2 Å². The summed E-state index contributed by atoms with van der Waals surface area (Å²) in [6.45, 7) is 6.00. The molecule has 1 heterocycles. The van der Waals surface area contributed by atoms with Crippen LogP contribution >= 0.6 is 0 Å². The summed E-state index contributed by atoms with van der Waals surface area (Å²) in [4.78, 5) is 6.49. The molecule has 0 atom stereocenters. The van der Waals surface area contributed by atoms with Crippen molar-refractivity contribution in [2.24, 2.45) is 0 Å². The molecule has 1 aromatic heterocycles. The van der Waals surface area contributed by atoms with Crippen LogP contribution in [-0.2, 0) is 13.1 Å². The van der Waals surface area contributed by atoms with Crippen molar-refractivity contribution in [3.05, 3.63) is 59.2 Å². The van der Waals surface area contributed by atoms with Gasteiger partial charge < -0.3 is 10.2 Å². The Morgan fingerprint density at radius 2 is 2.05 bits per heavy atom. The predicted molar refractivity (Wildman–Crippen MR) is 84.9 cm³/mol. The van der Waals surface area contributed by atoms with E-state index in [9.17, 15) is 4.39 Å². The van der Waals surface area contributed by atoms with E-state index in [1.807, 2.05) is 56.1 Å². The molecule has 4 heteroatoms. The van der Waals surface area contributed by atoms with E-state index < -0.39 is 0 Å². The molecule has 0 fully saturated rings. The van der Waals surface area contributed by atoms with Crippen LogP contribution in [0.15, 0.2) is 36.4 Å². The van der Waals surface area contributed by atoms with Gasteiger partial charge >= 0.3 is 0 Å². The van der Waals surface area contributed by atoms with Crippen molar-refractivity contribution in [1.82, 2.24) is 10.3 Å². The van der Waals surface area contributed by atoms with Gasteiger partial charge in [0.05, 0.1) is 17.9 Å². The number of aryl methyl sites for hydroxylation is 1. The van der Waals surface area contributed by atoms with Crippen molar-refractivity contribution in [3.8, 4) is 0 Å². The van der Waals surface area contributed by atoms with Gasteiger partial charge in [-0.1, -0.05) is 12.1 Å². The largest absolute Gasteiger partial charge is 0.364 e. The molecule has 2 aromatic rings. The van der Waals surface area contributed by atoms with E-state index in [2.05, 4.69) is 10.3 Å². The van der Waals surface area contributed by atoms with Crippen LogP contribution in [0.3, 0.4) is 0 Å². The summed E-state index contributed by atoms with van der Waals surface area (Å²) in [6, 6.07) is 11.3. The molecule has 0 radical (unpaired) electrons. The van der Waals surface area contributed by atoms with Gasteiger partial charge in [0.25, 0.3) is 0 Å². The zero-order valence-corrected chi connectivity index (χ0v) is 12.9. The van der Waals surface area contributed by atoms with E-state index in [1.54, 1.807) is 6.07 Å². The average Bonchev–Trinajstić information content (AvgIpc) is 2.46. The van der Waals surface area contributed by atoms with E-state index in [-0.39, 0.29) is 5.82 Å². The lowest BCUT2D eigenvalue weighted by Crippen LogP contribution is -2.24. The minimum atomic E-state index is -0.183. The maximum Gasteiger partial charge on any atom is 0.146 e. The first-order valence-electron chi connectivity index (χ1n) is 7.24. The normalized spacial score (nSPS) is 10.7. The van der Waals surface area contributed by atoms with Gasteiger partial charge in [-0.25, -0.2) is 4.39 Å². The fourth-order valence-corrected chi connectivity index (χ4v) is 2.37. The first-order valence-corrected chi connectivity index (χ1v) is 7.24. The van der Waals surface area contributed by atoms with Crippen LogP contribution in [0.2, 0.25) is 0 Å². The van der Waals surface area contributed by atoms with Crippen LogP contribution < -0.4 is 10.2 Å². The Morgan fingerprint density at radius 3 is 2.67 bits per heavy atom. The maximum absolute atomic E-state index is 14.3. The summed E-state index contributed by atoms with van der Waals surface area (Å²) in [6.07, 6.45) is 0. The average molecular weight is 287 g/mol. The maximum atomic E-state index is 14.3. The van der Waals surface area contributed by atoms with Crippen LogP contribution in [0.4, 0.5) is 10.1 Å². The van der Waals surface area contributed by atoms with E-state index in [1.165, 1.54) is 0 Å². The Hall–Kier alpha value is -1.94. The molecule has 2 rings (SSSR count). The Bertz CT molecular complexity index is 598. The minimum Gasteiger partial charge on any atom is -0.364 e. The third-order valence-corrected chi connectivity index (χ3v) is 3.41. The van der Waals surface area contributed by atoms with Gasteiger partial charge in [0.1, 0.15) is 5.82 Å². The molecule has 0 bridgehead atoms.